The molecule has 0 bridgehead atoms. The second-order valence-electron chi connectivity index (χ2n) is 5.60. The van der Waals surface area contributed by atoms with Crippen molar-refractivity contribution in [3.8, 4) is 0 Å². The summed E-state index contributed by atoms with van der Waals surface area (Å²) in [6.07, 6.45) is 3.97. The van der Waals surface area contributed by atoms with E-state index in [9.17, 15) is 9.59 Å². The Kier molecular flexibility index (Phi) is 3.54. The second kappa shape index (κ2) is 5.20. The van der Waals surface area contributed by atoms with E-state index in [1.807, 2.05) is 18.2 Å². The van der Waals surface area contributed by atoms with Gasteiger partial charge in [0.1, 0.15) is 0 Å². The fourth-order valence-electron chi connectivity index (χ4n) is 2.17. The van der Waals surface area contributed by atoms with Crippen molar-refractivity contribution in [3.05, 3.63) is 22.7 Å². The minimum Gasteiger partial charge on any atom is -0.326 e. The first kappa shape index (κ1) is 13.6. The molecule has 0 atom stereocenters. The third kappa shape index (κ3) is 2.87. The van der Waals surface area contributed by atoms with Gasteiger partial charge in [0.25, 0.3) is 0 Å². The van der Waals surface area contributed by atoms with Crippen LogP contribution in [0, 0.1) is 11.8 Å². The molecule has 0 saturated heterocycles. The topological polar surface area (TPSA) is 49.4 Å². The first-order valence-electron chi connectivity index (χ1n) is 6.94. The molecule has 106 valence electrons. The Hall–Kier alpha value is -1.36. The van der Waals surface area contributed by atoms with Crippen LogP contribution in [-0.4, -0.2) is 18.9 Å². The van der Waals surface area contributed by atoms with Crippen LogP contribution in [0.15, 0.2) is 22.7 Å². The van der Waals surface area contributed by atoms with Crippen LogP contribution in [0.1, 0.15) is 25.7 Å². The largest absolute Gasteiger partial charge is 0.326 e. The monoisotopic (exact) mass is 336 g/mol. The average Bonchev–Trinajstić information content (AvgIpc) is 3.30. The summed E-state index contributed by atoms with van der Waals surface area (Å²) < 4.78 is 0.822. The number of anilines is 2. The summed E-state index contributed by atoms with van der Waals surface area (Å²) in [5, 5.41) is 2.90. The molecule has 2 aliphatic rings. The smallest absolute Gasteiger partial charge is 0.229 e. The van der Waals surface area contributed by atoms with Gasteiger partial charge >= 0.3 is 0 Å². The Morgan fingerprint density at radius 1 is 1.20 bits per heavy atom. The zero-order chi connectivity index (χ0) is 14.3. The normalized spacial score (nSPS) is 17.7. The number of carbonyl (C=O) groups excluding carboxylic acids is 2. The van der Waals surface area contributed by atoms with E-state index < -0.39 is 0 Å². The summed E-state index contributed by atoms with van der Waals surface area (Å²) in [5.74, 6) is 0.640. The molecule has 1 aromatic rings. The molecule has 0 heterocycles. The first-order valence-corrected chi connectivity index (χ1v) is 7.73. The molecule has 0 aromatic heterocycles. The van der Waals surface area contributed by atoms with Crippen molar-refractivity contribution in [1.29, 1.82) is 0 Å². The number of hydrogen-bond donors (Lipinski definition) is 1. The molecule has 2 saturated carbocycles. The van der Waals surface area contributed by atoms with E-state index in [0.717, 1.165) is 41.5 Å². The number of amides is 2. The van der Waals surface area contributed by atoms with Gasteiger partial charge < -0.3 is 10.2 Å². The van der Waals surface area contributed by atoms with Crippen molar-refractivity contribution in [2.75, 3.05) is 17.3 Å². The maximum Gasteiger partial charge on any atom is 0.229 e. The highest BCUT2D eigenvalue weighted by atomic mass is 79.9. The lowest BCUT2D eigenvalue weighted by molar-refractivity contribution is -0.119. The van der Waals surface area contributed by atoms with Gasteiger partial charge in [-0.05, 0) is 59.8 Å². The maximum atomic E-state index is 12.1. The summed E-state index contributed by atoms with van der Waals surface area (Å²) in [5.41, 5.74) is 1.61. The van der Waals surface area contributed by atoms with Crippen LogP contribution in [0.5, 0.6) is 0 Å². The summed E-state index contributed by atoms with van der Waals surface area (Å²) >= 11 is 3.48. The molecule has 0 spiro atoms. The van der Waals surface area contributed by atoms with Crippen molar-refractivity contribution in [1.82, 2.24) is 0 Å². The summed E-state index contributed by atoms with van der Waals surface area (Å²) in [4.78, 5) is 25.5. The van der Waals surface area contributed by atoms with Crippen LogP contribution < -0.4 is 10.2 Å². The Balaban J connectivity index is 1.72. The third-order valence-electron chi connectivity index (χ3n) is 3.78. The van der Waals surface area contributed by atoms with Crippen LogP contribution >= 0.6 is 15.9 Å². The molecule has 1 aromatic carbocycles. The minimum atomic E-state index is 0.0899. The number of benzene rings is 1. The van der Waals surface area contributed by atoms with Gasteiger partial charge in [0.05, 0.1) is 5.69 Å². The van der Waals surface area contributed by atoms with Crippen molar-refractivity contribution in [3.63, 3.8) is 0 Å². The fraction of sp³-hybridized carbons (Fsp3) is 0.467. The number of carbonyl (C=O) groups is 2. The lowest BCUT2D eigenvalue weighted by Gasteiger charge is -2.19. The van der Waals surface area contributed by atoms with Crippen molar-refractivity contribution in [2.45, 2.75) is 25.7 Å². The van der Waals surface area contributed by atoms with Gasteiger partial charge in [0.2, 0.25) is 11.8 Å². The zero-order valence-electron chi connectivity index (χ0n) is 11.4. The van der Waals surface area contributed by atoms with E-state index in [0.29, 0.717) is 0 Å². The number of nitrogens with one attached hydrogen (secondary N) is 1. The predicted octanol–water partition coefficient (Wildman–Crippen LogP) is 3.17. The van der Waals surface area contributed by atoms with E-state index >= 15 is 0 Å². The third-order valence-corrected chi connectivity index (χ3v) is 4.42. The number of halogens is 1. The van der Waals surface area contributed by atoms with E-state index in [1.165, 1.54) is 0 Å². The Morgan fingerprint density at radius 3 is 2.40 bits per heavy atom. The number of nitrogens with zero attached hydrogens (tertiary/aromatic N) is 1. The molecular formula is C15H17BrN2O2. The molecule has 0 radical (unpaired) electrons. The minimum absolute atomic E-state index is 0.0899. The summed E-state index contributed by atoms with van der Waals surface area (Å²) in [6, 6.07) is 5.57. The van der Waals surface area contributed by atoms with Crippen LogP contribution in [0.3, 0.4) is 0 Å². The molecular weight excluding hydrogens is 320 g/mol. The van der Waals surface area contributed by atoms with Gasteiger partial charge in [-0.1, -0.05) is 0 Å². The lowest BCUT2D eigenvalue weighted by atomic mass is 10.2. The maximum absolute atomic E-state index is 12.1. The predicted molar refractivity (Wildman–Crippen MR) is 81.6 cm³/mol. The molecule has 2 amide bonds. The first-order chi connectivity index (χ1) is 9.56. The number of hydrogen-bond acceptors (Lipinski definition) is 2. The molecule has 4 nitrogen and oxygen atoms in total. The highest BCUT2D eigenvalue weighted by Gasteiger charge is 2.33. The molecule has 5 heteroatoms. The summed E-state index contributed by atoms with van der Waals surface area (Å²) in [6.45, 7) is 0. The zero-order valence-corrected chi connectivity index (χ0v) is 12.9. The second-order valence-corrected chi connectivity index (χ2v) is 6.46. The van der Waals surface area contributed by atoms with Crippen LogP contribution in [0.25, 0.3) is 0 Å². The van der Waals surface area contributed by atoms with Crippen molar-refractivity contribution in [2.24, 2.45) is 11.8 Å². The van der Waals surface area contributed by atoms with E-state index in [2.05, 4.69) is 21.2 Å². The summed E-state index contributed by atoms with van der Waals surface area (Å²) in [7, 11) is 1.79. The van der Waals surface area contributed by atoms with Gasteiger partial charge in [-0.3, -0.25) is 9.59 Å². The quantitative estimate of drug-likeness (QED) is 0.917. The Morgan fingerprint density at radius 2 is 1.85 bits per heavy atom. The highest BCUT2D eigenvalue weighted by molar-refractivity contribution is 9.10. The van der Waals surface area contributed by atoms with Crippen LogP contribution in [-0.2, 0) is 9.59 Å². The molecule has 0 unspecified atom stereocenters. The molecule has 0 aliphatic heterocycles. The molecule has 1 N–H and O–H groups in total. The SMILES string of the molecule is CN(C(=O)C1CC1)c1ccc(NC(=O)C2CC2)cc1Br. The van der Waals surface area contributed by atoms with Crippen LogP contribution in [0.2, 0.25) is 0 Å². The molecule has 2 fully saturated rings. The standard InChI is InChI=1S/C15H17BrN2O2/c1-18(15(20)10-4-5-10)13-7-6-11(8-12(13)16)17-14(19)9-2-3-9/h6-10H,2-5H2,1H3,(H,17,19). The fourth-order valence-corrected chi connectivity index (χ4v) is 2.81. The van der Waals surface area contributed by atoms with Gasteiger partial charge in [-0.25, -0.2) is 0 Å². The van der Waals surface area contributed by atoms with Crippen molar-refractivity contribution >= 4 is 39.1 Å². The van der Waals surface area contributed by atoms with Gasteiger partial charge in [-0.15, -0.1) is 0 Å². The van der Waals surface area contributed by atoms with Crippen LogP contribution in [0.4, 0.5) is 11.4 Å². The van der Waals surface area contributed by atoms with Crippen molar-refractivity contribution < 1.29 is 9.59 Å². The van der Waals surface area contributed by atoms with E-state index in [1.54, 1.807) is 11.9 Å². The molecule has 3 rings (SSSR count). The highest BCUT2D eigenvalue weighted by Crippen LogP contribution is 2.36. The Bertz CT molecular complexity index is 565. The number of rotatable bonds is 4. The average molecular weight is 337 g/mol. The van der Waals surface area contributed by atoms with E-state index in [4.69, 9.17) is 0 Å². The van der Waals surface area contributed by atoms with E-state index in [-0.39, 0.29) is 23.7 Å². The molecule has 2 aliphatic carbocycles. The van der Waals surface area contributed by atoms with Gasteiger partial charge in [0, 0.05) is 29.0 Å². The van der Waals surface area contributed by atoms with Gasteiger partial charge in [0.15, 0.2) is 0 Å². The lowest BCUT2D eigenvalue weighted by Crippen LogP contribution is -2.27. The van der Waals surface area contributed by atoms with Gasteiger partial charge in [-0.2, -0.15) is 0 Å². The molecule has 20 heavy (non-hydrogen) atoms. The Labute approximate surface area is 126 Å².